The third kappa shape index (κ3) is 2.04. The molecule has 0 saturated heterocycles. The molecule has 6 heteroatoms. The van der Waals surface area contributed by atoms with Crippen molar-refractivity contribution in [2.45, 2.75) is 13.8 Å². The van der Waals surface area contributed by atoms with E-state index in [2.05, 4.69) is 47.3 Å². The Morgan fingerprint density at radius 1 is 1.10 bits per heavy atom. The van der Waals surface area contributed by atoms with Gasteiger partial charge in [0, 0.05) is 5.56 Å². The Labute approximate surface area is 124 Å². The van der Waals surface area contributed by atoms with Crippen LogP contribution < -0.4 is 0 Å². The minimum atomic E-state index is 0.747. The molecule has 1 aromatic carbocycles. The maximum absolute atomic E-state index is 5.39. The number of hydrogen-bond acceptors (Lipinski definition) is 5. The smallest absolute Gasteiger partial charge is 0.235 e. The molecule has 0 saturated carbocycles. The number of rotatable bonds is 2. The van der Waals surface area contributed by atoms with Crippen LogP contribution in [0.4, 0.5) is 0 Å². The fourth-order valence-corrected chi connectivity index (χ4v) is 3.21. The molecule has 4 rings (SSSR count). The fraction of sp³-hybridized carbons (Fsp3) is 0.133. The standard InChI is InChI=1S/C15H12N4OS/c1-9-6-10(2)8-11(7-9)13-16-17-15-19(13)18-14(21-15)12-4-3-5-20-12/h3-8H,1-2H3. The molecule has 0 bridgehead atoms. The van der Waals surface area contributed by atoms with Gasteiger partial charge in [-0.25, -0.2) is 0 Å². The number of nitrogens with zero attached hydrogens (tertiary/aromatic N) is 4. The zero-order valence-electron chi connectivity index (χ0n) is 11.6. The summed E-state index contributed by atoms with van der Waals surface area (Å²) < 4.78 is 7.16. The number of benzene rings is 1. The summed E-state index contributed by atoms with van der Waals surface area (Å²) in [5.41, 5.74) is 3.42. The van der Waals surface area contributed by atoms with Crippen molar-refractivity contribution >= 4 is 16.3 Å². The average Bonchev–Trinajstić information content (AvgIpc) is 3.13. The molecule has 5 nitrogen and oxygen atoms in total. The molecule has 0 radical (unpaired) electrons. The van der Waals surface area contributed by atoms with Crippen LogP contribution in [0.1, 0.15) is 11.1 Å². The molecular weight excluding hydrogens is 284 g/mol. The second kappa shape index (κ2) is 4.53. The average molecular weight is 296 g/mol. The molecule has 0 spiro atoms. The van der Waals surface area contributed by atoms with Gasteiger partial charge < -0.3 is 4.42 Å². The number of aromatic nitrogens is 4. The summed E-state index contributed by atoms with van der Waals surface area (Å²) in [6, 6.07) is 10.1. The topological polar surface area (TPSA) is 56.2 Å². The van der Waals surface area contributed by atoms with E-state index in [-0.39, 0.29) is 0 Å². The molecule has 0 amide bonds. The quantitative estimate of drug-likeness (QED) is 0.565. The largest absolute Gasteiger partial charge is 0.462 e. The molecule has 21 heavy (non-hydrogen) atoms. The summed E-state index contributed by atoms with van der Waals surface area (Å²) in [4.78, 5) is 0.760. The number of aryl methyl sites for hydroxylation is 2. The lowest BCUT2D eigenvalue weighted by molar-refractivity contribution is 0.580. The van der Waals surface area contributed by atoms with Gasteiger partial charge in [-0.15, -0.1) is 15.3 Å². The lowest BCUT2D eigenvalue weighted by atomic mass is 10.1. The van der Waals surface area contributed by atoms with E-state index in [9.17, 15) is 0 Å². The maximum Gasteiger partial charge on any atom is 0.235 e. The zero-order valence-corrected chi connectivity index (χ0v) is 12.4. The zero-order chi connectivity index (χ0) is 14.4. The van der Waals surface area contributed by atoms with Crippen molar-refractivity contribution in [3.05, 3.63) is 47.7 Å². The Morgan fingerprint density at radius 2 is 1.90 bits per heavy atom. The Balaban J connectivity index is 1.89. The van der Waals surface area contributed by atoms with Crippen molar-refractivity contribution in [1.82, 2.24) is 19.8 Å². The normalized spacial score (nSPS) is 11.3. The molecule has 4 aromatic rings. The minimum Gasteiger partial charge on any atom is -0.462 e. The molecule has 0 aliphatic heterocycles. The van der Waals surface area contributed by atoms with E-state index in [0.29, 0.717) is 0 Å². The molecule has 0 atom stereocenters. The van der Waals surface area contributed by atoms with Gasteiger partial charge in [-0.1, -0.05) is 28.5 Å². The highest BCUT2D eigenvalue weighted by atomic mass is 32.1. The van der Waals surface area contributed by atoms with Crippen molar-refractivity contribution in [3.8, 4) is 22.2 Å². The van der Waals surface area contributed by atoms with Gasteiger partial charge in [0.15, 0.2) is 16.6 Å². The Hall–Kier alpha value is -2.47. The van der Waals surface area contributed by atoms with E-state index in [0.717, 1.165) is 27.1 Å². The van der Waals surface area contributed by atoms with Crippen LogP contribution in [0, 0.1) is 13.8 Å². The molecule has 0 aliphatic carbocycles. The van der Waals surface area contributed by atoms with Gasteiger partial charge >= 0.3 is 0 Å². The Bertz CT molecular complexity index is 900. The van der Waals surface area contributed by atoms with Gasteiger partial charge in [0.05, 0.1) is 6.26 Å². The van der Waals surface area contributed by atoms with Gasteiger partial charge in [-0.2, -0.15) is 4.52 Å². The molecule has 3 heterocycles. The van der Waals surface area contributed by atoms with Gasteiger partial charge in [-0.3, -0.25) is 0 Å². The predicted molar refractivity (Wildman–Crippen MR) is 81.3 cm³/mol. The number of hydrogen-bond donors (Lipinski definition) is 0. The van der Waals surface area contributed by atoms with E-state index in [1.807, 2.05) is 12.1 Å². The highest BCUT2D eigenvalue weighted by molar-refractivity contribution is 7.19. The van der Waals surface area contributed by atoms with Crippen molar-refractivity contribution in [3.63, 3.8) is 0 Å². The second-order valence-electron chi connectivity index (χ2n) is 4.98. The Kier molecular flexibility index (Phi) is 2.65. The lowest BCUT2D eigenvalue weighted by Crippen LogP contribution is -1.92. The SMILES string of the molecule is Cc1cc(C)cc(-c2nnc3sc(-c4ccco4)nn23)c1. The minimum absolute atomic E-state index is 0.747. The van der Waals surface area contributed by atoms with Crippen LogP contribution in [0.15, 0.2) is 41.0 Å². The third-order valence-electron chi connectivity index (χ3n) is 3.20. The van der Waals surface area contributed by atoms with Gasteiger partial charge in [0.1, 0.15) is 0 Å². The molecule has 0 aliphatic rings. The molecule has 104 valence electrons. The van der Waals surface area contributed by atoms with Crippen LogP contribution in [0.25, 0.3) is 27.1 Å². The van der Waals surface area contributed by atoms with Crippen LogP contribution in [0.2, 0.25) is 0 Å². The first-order valence-electron chi connectivity index (χ1n) is 6.55. The van der Waals surface area contributed by atoms with Crippen molar-refractivity contribution in [2.24, 2.45) is 0 Å². The monoisotopic (exact) mass is 296 g/mol. The van der Waals surface area contributed by atoms with E-state index in [4.69, 9.17) is 4.42 Å². The first kappa shape index (κ1) is 12.3. The van der Waals surface area contributed by atoms with Crippen LogP contribution in [-0.4, -0.2) is 19.8 Å². The predicted octanol–water partition coefficient (Wildman–Crippen LogP) is 3.73. The first-order valence-corrected chi connectivity index (χ1v) is 7.37. The Morgan fingerprint density at radius 3 is 2.62 bits per heavy atom. The number of furan rings is 1. The third-order valence-corrected chi connectivity index (χ3v) is 4.12. The fourth-order valence-electron chi connectivity index (χ4n) is 2.40. The van der Waals surface area contributed by atoms with Crippen molar-refractivity contribution in [1.29, 1.82) is 0 Å². The highest BCUT2D eigenvalue weighted by Crippen LogP contribution is 2.28. The number of fused-ring (bicyclic) bond motifs is 1. The first-order chi connectivity index (χ1) is 10.2. The van der Waals surface area contributed by atoms with Crippen LogP contribution >= 0.6 is 11.3 Å². The molecule has 0 N–H and O–H groups in total. The van der Waals surface area contributed by atoms with Crippen molar-refractivity contribution in [2.75, 3.05) is 0 Å². The van der Waals surface area contributed by atoms with Gasteiger partial charge in [0.25, 0.3) is 0 Å². The van der Waals surface area contributed by atoms with Crippen LogP contribution in [0.5, 0.6) is 0 Å². The summed E-state index contributed by atoms with van der Waals surface area (Å²) in [7, 11) is 0. The van der Waals surface area contributed by atoms with Crippen molar-refractivity contribution < 1.29 is 4.42 Å². The summed E-state index contributed by atoms with van der Waals surface area (Å²) in [6.45, 7) is 4.15. The molecular formula is C15H12N4OS. The van der Waals surface area contributed by atoms with Crippen LogP contribution in [0.3, 0.4) is 0 Å². The highest BCUT2D eigenvalue weighted by Gasteiger charge is 2.15. The van der Waals surface area contributed by atoms with Gasteiger partial charge in [0.2, 0.25) is 4.96 Å². The summed E-state index contributed by atoms with van der Waals surface area (Å²) in [5.74, 6) is 1.50. The van der Waals surface area contributed by atoms with E-state index < -0.39 is 0 Å². The second-order valence-corrected chi connectivity index (χ2v) is 5.93. The summed E-state index contributed by atoms with van der Waals surface area (Å²) in [6.07, 6.45) is 1.64. The molecule has 0 unspecified atom stereocenters. The van der Waals surface area contributed by atoms with E-state index in [1.165, 1.54) is 22.5 Å². The maximum atomic E-state index is 5.39. The summed E-state index contributed by atoms with van der Waals surface area (Å²) in [5, 5.41) is 13.8. The van der Waals surface area contributed by atoms with Gasteiger partial charge in [-0.05, 0) is 38.1 Å². The molecule has 0 fully saturated rings. The lowest BCUT2D eigenvalue weighted by Gasteiger charge is -2.01. The summed E-state index contributed by atoms with van der Waals surface area (Å²) >= 11 is 1.46. The van der Waals surface area contributed by atoms with E-state index in [1.54, 1.807) is 10.8 Å². The van der Waals surface area contributed by atoms with E-state index >= 15 is 0 Å². The molecule has 3 aromatic heterocycles. The van der Waals surface area contributed by atoms with Crippen LogP contribution in [-0.2, 0) is 0 Å².